The van der Waals surface area contributed by atoms with Crippen molar-refractivity contribution in [2.45, 2.75) is 0 Å². The summed E-state index contributed by atoms with van der Waals surface area (Å²) in [5.41, 5.74) is 2.64. The molecule has 0 bridgehead atoms. The Bertz CT molecular complexity index is 591. The van der Waals surface area contributed by atoms with E-state index in [1.54, 1.807) is 0 Å². The fourth-order valence-electron chi connectivity index (χ4n) is 1.79. The molecule has 1 fully saturated rings. The van der Waals surface area contributed by atoms with Crippen LogP contribution in [0.15, 0.2) is 12.1 Å². The maximum absolute atomic E-state index is 12.2. The maximum atomic E-state index is 12.2. The van der Waals surface area contributed by atoms with Gasteiger partial charge in [-0.1, -0.05) is 11.6 Å². The number of halogens is 1. The lowest BCUT2D eigenvalue weighted by atomic mass is 10.2. The predicted octanol–water partition coefficient (Wildman–Crippen LogP) is -0.109. The predicted molar refractivity (Wildman–Crippen MR) is 71.6 cm³/mol. The molecule has 0 saturated carbocycles. The number of pyridine rings is 1. The molecule has 1 saturated heterocycles. The number of hydrogen-bond donors (Lipinski definition) is 2. The van der Waals surface area contributed by atoms with Crippen LogP contribution in [-0.4, -0.2) is 48.8 Å². The van der Waals surface area contributed by atoms with Gasteiger partial charge < -0.3 is 10.3 Å². The van der Waals surface area contributed by atoms with Gasteiger partial charge in [-0.15, -0.1) is 0 Å². The minimum absolute atomic E-state index is 0.0143. The van der Waals surface area contributed by atoms with Crippen LogP contribution in [0.25, 0.3) is 0 Å². The first-order valence-electron chi connectivity index (χ1n) is 5.55. The molecular weight excluding hydrogens is 292 g/mol. The van der Waals surface area contributed by atoms with Gasteiger partial charge in [0.15, 0.2) is 9.84 Å². The molecule has 9 heteroatoms. The zero-order valence-electron chi connectivity index (χ0n) is 9.97. The van der Waals surface area contributed by atoms with Crippen LogP contribution in [0.5, 0.6) is 0 Å². The van der Waals surface area contributed by atoms with Gasteiger partial charge in [-0.05, 0) is 12.1 Å². The molecule has 1 aliphatic heterocycles. The molecule has 0 atom stereocenters. The van der Waals surface area contributed by atoms with Gasteiger partial charge in [0.25, 0.3) is 5.91 Å². The average molecular weight is 305 g/mol. The van der Waals surface area contributed by atoms with Gasteiger partial charge in [0.2, 0.25) is 0 Å². The van der Waals surface area contributed by atoms with Crippen molar-refractivity contribution in [2.75, 3.05) is 30.0 Å². The van der Waals surface area contributed by atoms with Crippen LogP contribution in [0, 0.1) is 0 Å². The van der Waals surface area contributed by atoms with Crippen molar-refractivity contribution in [3.05, 3.63) is 22.8 Å². The highest BCUT2D eigenvalue weighted by Crippen LogP contribution is 2.17. The second-order valence-electron chi connectivity index (χ2n) is 4.15. The van der Waals surface area contributed by atoms with E-state index in [0.717, 1.165) is 0 Å². The van der Waals surface area contributed by atoms with E-state index in [1.807, 2.05) is 0 Å². The van der Waals surface area contributed by atoms with Crippen LogP contribution in [0.3, 0.4) is 0 Å². The van der Waals surface area contributed by atoms with E-state index in [-0.39, 0.29) is 41.5 Å². The molecule has 1 aromatic rings. The number of rotatable bonds is 2. The third-order valence-corrected chi connectivity index (χ3v) is 4.62. The molecule has 3 N–H and O–H groups in total. The van der Waals surface area contributed by atoms with E-state index in [1.165, 1.54) is 17.0 Å². The van der Waals surface area contributed by atoms with E-state index in [0.29, 0.717) is 5.56 Å². The minimum Gasteiger partial charge on any atom is -0.337 e. The number of nitrogens with two attached hydrogens (primary N) is 1. The van der Waals surface area contributed by atoms with Crippen molar-refractivity contribution < 1.29 is 13.2 Å². The number of amides is 1. The fourth-order valence-corrected chi connectivity index (χ4v) is 3.20. The van der Waals surface area contributed by atoms with Crippen molar-refractivity contribution in [1.29, 1.82) is 0 Å². The van der Waals surface area contributed by atoms with Gasteiger partial charge in [0, 0.05) is 18.7 Å². The summed E-state index contributed by atoms with van der Waals surface area (Å²) in [5.74, 6) is 5.19. The number of nitrogens with zero attached hydrogens (tertiary/aromatic N) is 2. The smallest absolute Gasteiger partial charge is 0.254 e. The number of nitrogen functional groups attached to an aromatic ring is 1. The molecule has 0 unspecified atom stereocenters. The number of carbonyl (C=O) groups excluding carboxylic acids is 1. The second kappa shape index (κ2) is 5.32. The lowest BCUT2D eigenvalue weighted by molar-refractivity contribution is 0.0770. The fraction of sp³-hybridized carbons (Fsp3) is 0.400. The largest absolute Gasteiger partial charge is 0.337 e. The first kappa shape index (κ1) is 14.0. The molecule has 0 aromatic carbocycles. The summed E-state index contributed by atoms with van der Waals surface area (Å²) in [4.78, 5) is 17.6. The third kappa shape index (κ3) is 3.34. The minimum atomic E-state index is -3.02. The third-order valence-electron chi connectivity index (χ3n) is 2.82. The van der Waals surface area contributed by atoms with Gasteiger partial charge >= 0.3 is 0 Å². The first-order valence-corrected chi connectivity index (χ1v) is 7.75. The van der Waals surface area contributed by atoms with Gasteiger partial charge in [-0.2, -0.15) is 0 Å². The van der Waals surface area contributed by atoms with Crippen LogP contribution < -0.4 is 11.3 Å². The van der Waals surface area contributed by atoms with Crippen molar-refractivity contribution in [1.82, 2.24) is 9.88 Å². The molecule has 0 radical (unpaired) electrons. The monoisotopic (exact) mass is 304 g/mol. The number of sulfone groups is 1. The SMILES string of the molecule is NNc1cc(C(=O)N2CCS(=O)(=O)CC2)cc(Cl)n1. The number of nitrogens with one attached hydrogen (secondary N) is 1. The summed E-state index contributed by atoms with van der Waals surface area (Å²) >= 11 is 5.78. The summed E-state index contributed by atoms with van der Waals surface area (Å²) in [7, 11) is -3.02. The van der Waals surface area contributed by atoms with Crippen molar-refractivity contribution in [3.8, 4) is 0 Å². The van der Waals surface area contributed by atoms with Gasteiger partial charge in [-0.25, -0.2) is 19.2 Å². The topological polar surface area (TPSA) is 105 Å². The Morgan fingerprint density at radius 1 is 1.37 bits per heavy atom. The van der Waals surface area contributed by atoms with Gasteiger partial charge in [-0.3, -0.25) is 4.79 Å². The summed E-state index contributed by atoms with van der Waals surface area (Å²) in [6.07, 6.45) is 0. The Morgan fingerprint density at radius 2 is 2.00 bits per heavy atom. The molecule has 2 rings (SSSR count). The average Bonchev–Trinajstić information content (AvgIpc) is 2.37. The number of hydrogen-bond acceptors (Lipinski definition) is 6. The second-order valence-corrected chi connectivity index (χ2v) is 6.84. The Kier molecular flexibility index (Phi) is 3.93. The summed E-state index contributed by atoms with van der Waals surface area (Å²) < 4.78 is 22.6. The number of anilines is 1. The van der Waals surface area contributed by atoms with Crippen LogP contribution in [0.1, 0.15) is 10.4 Å². The lowest BCUT2D eigenvalue weighted by Gasteiger charge is -2.26. The summed E-state index contributed by atoms with van der Waals surface area (Å²) in [6.45, 7) is 0.374. The number of hydrazine groups is 1. The molecule has 104 valence electrons. The number of aromatic nitrogens is 1. The van der Waals surface area contributed by atoms with Crippen molar-refractivity contribution in [2.24, 2.45) is 5.84 Å². The number of carbonyl (C=O) groups is 1. The quantitative estimate of drug-likeness (QED) is 0.449. The van der Waals surface area contributed by atoms with Crippen molar-refractivity contribution in [3.63, 3.8) is 0 Å². The summed E-state index contributed by atoms with van der Waals surface area (Å²) in [6, 6.07) is 2.89. The normalized spacial score (nSPS) is 18.1. The molecular formula is C10H13ClN4O3S. The Morgan fingerprint density at radius 3 is 2.58 bits per heavy atom. The molecule has 7 nitrogen and oxygen atoms in total. The van der Waals surface area contributed by atoms with Crippen LogP contribution >= 0.6 is 11.6 Å². The van der Waals surface area contributed by atoms with Crippen molar-refractivity contribution >= 4 is 33.2 Å². The Hall–Kier alpha value is -1.38. The first-order chi connectivity index (χ1) is 8.91. The zero-order valence-corrected chi connectivity index (χ0v) is 11.5. The van der Waals surface area contributed by atoms with E-state index in [2.05, 4.69) is 10.4 Å². The van der Waals surface area contributed by atoms with Crippen LogP contribution in [-0.2, 0) is 9.84 Å². The molecule has 0 spiro atoms. The highest BCUT2D eigenvalue weighted by molar-refractivity contribution is 7.91. The Balaban J connectivity index is 2.18. The maximum Gasteiger partial charge on any atom is 0.254 e. The van der Waals surface area contributed by atoms with E-state index >= 15 is 0 Å². The van der Waals surface area contributed by atoms with E-state index in [4.69, 9.17) is 17.4 Å². The zero-order chi connectivity index (χ0) is 14.0. The standard InChI is InChI=1S/C10H13ClN4O3S/c11-8-5-7(6-9(13-8)14-12)10(16)15-1-3-19(17,18)4-2-15/h5-6H,1-4,12H2,(H,13,14). The Labute approximate surface area is 115 Å². The van der Waals surface area contributed by atoms with Crippen LogP contribution in [0.4, 0.5) is 5.82 Å². The molecule has 1 amide bonds. The highest BCUT2D eigenvalue weighted by atomic mass is 35.5. The molecule has 1 aliphatic rings. The molecule has 1 aromatic heterocycles. The molecule has 19 heavy (non-hydrogen) atoms. The van der Waals surface area contributed by atoms with E-state index < -0.39 is 9.84 Å². The van der Waals surface area contributed by atoms with E-state index in [9.17, 15) is 13.2 Å². The summed E-state index contributed by atoms with van der Waals surface area (Å²) in [5, 5.41) is 0.142. The van der Waals surface area contributed by atoms with Gasteiger partial charge in [0.05, 0.1) is 11.5 Å². The van der Waals surface area contributed by atoms with Gasteiger partial charge in [0.1, 0.15) is 11.0 Å². The highest BCUT2D eigenvalue weighted by Gasteiger charge is 2.26. The molecule has 2 heterocycles. The molecule has 0 aliphatic carbocycles. The van der Waals surface area contributed by atoms with Crippen LogP contribution in [0.2, 0.25) is 5.15 Å². The lowest BCUT2D eigenvalue weighted by Crippen LogP contribution is -2.43.